The van der Waals surface area contributed by atoms with Gasteiger partial charge in [0.15, 0.2) is 0 Å². The molecule has 1 nitrogen and oxygen atoms in total. The van der Waals surface area contributed by atoms with Crippen LogP contribution in [-0.2, 0) is 21.7 Å². The smallest absolute Gasteiger partial charge is 1.00 e. The second kappa shape index (κ2) is 6.52. The quantitative estimate of drug-likeness (QED) is 0.376. The van der Waals surface area contributed by atoms with Gasteiger partial charge in [-0.3, -0.25) is 0 Å². The van der Waals surface area contributed by atoms with Crippen molar-refractivity contribution < 1.29 is 46.5 Å². The van der Waals surface area contributed by atoms with Crippen molar-refractivity contribution in [3.63, 3.8) is 0 Å². The zero-order chi connectivity index (χ0) is 7.84. The van der Waals surface area contributed by atoms with Crippen LogP contribution in [0.15, 0.2) is 18.2 Å². The van der Waals surface area contributed by atoms with E-state index in [0.717, 1.165) is 0 Å². The molecule has 0 aliphatic heterocycles. The summed E-state index contributed by atoms with van der Waals surface area (Å²) in [5.41, 5.74) is 3.71. The van der Waals surface area contributed by atoms with Gasteiger partial charge < -0.3 is 29.8 Å². The molecule has 0 unspecified atom stereocenters. The number of benzene rings is 1. The number of fused-ring (bicyclic) bond motifs is 1. The van der Waals surface area contributed by atoms with Gasteiger partial charge in [0.25, 0.3) is 0 Å². The topological polar surface area (TPSA) is 15.8 Å². The number of nitrogens with one attached hydrogen (secondary N) is 1. The Hall–Kier alpha value is 0.0543. The molecule has 2 aromatic rings. The van der Waals surface area contributed by atoms with Crippen LogP contribution >= 0.6 is 0 Å². The van der Waals surface area contributed by atoms with Crippen LogP contribution in [0.4, 0.5) is 0 Å². The third-order valence-corrected chi connectivity index (χ3v) is 2.03. The fraction of sp³-hybridized carbons (Fsp3) is 0.200. The summed E-state index contributed by atoms with van der Waals surface area (Å²) in [5.74, 6) is 0. The zero-order valence-corrected chi connectivity index (χ0v) is 11.1. The molecule has 1 heterocycles. The standard InChI is InChI=1S/C10H10N.2ClH.Ti/c1-7-4-3-5-9-10(7)8(2)6-11-9;;;/h3-5,11H,1-2H3;2*1H;/q-1;;;+3/p-2. The van der Waals surface area contributed by atoms with Crippen molar-refractivity contribution in [2.24, 2.45) is 0 Å². The Bertz CT molecular complexity index is 398. The van der Waals surface area contributed by atoms with Gasteiger partial charge in [0.1, 0.15) is 0 Å². The first kappa shape index (κ1) is 16.5. The molecule has 0 saturated heterocycles. The van der Waals surface area contributed by atoms with E-state index in [4.69, 9.17) is 0 Å². The molecule has 4 heteroatoms. The van der Waals surface area contributed by atoms with Crippen molar-refractivity contribution >= 4 is 10.9 Å². The summed E-state index contributed by atoms with van der Waals surface area (Å²) >= 11 is 0. The van der Waals surface area contributed by atoms with E-state index >= 15 is 0 Å². The average Bonchev–Trinajstić information content (AvgIpc) is 2.34. The average molecular weight is 263 g/mol. The number of H-pyrrole nitrogens is 1. The molecule has 73 valence electrons. The van der Waals surface area contributed by atoms with E-state index in [2.05, 4.69) is 43.2 Å². The molecule has 0 fully saturated rings. The summed E-state index contributed by atoms with van der Waals surface area (Å²) in [6.07, 6.45) is 3.09. The van der Waals surface area contributed by atoms with Crippen LogP contribution in [0.25, 0.3) is 10.9 Å². The molecule has 14 heavy (non-hydrogen) atoms. The minimum Gasteiger partial charge on any atom is -1.00 e. The number of aryl methyl sites for hydroxylation is 2. The van der Waals surface area contributed by atoms with Crippen molar-refractivity contribution in [2.45, 2.75) is 13.8 Å². The van der Waals surface area contributed by atoms with Crippen LogP contribution in [0.2, 0.25) is 0 Å². The fourth-order valence-corrected chi connectivity index (χ4v) is 1.49. The molecular formula is C10H10Cl2NTi. The maximum atomic E-state index is 3.10. The molecule has 0 saturated carbocycles. The number of rotatable bonds is 0. The minimum absolute atomic E-state index is 0. The third kappa shape index (κ3) is 2.77. The van der Waals surface area contributed by atoms with E-state index < -0.39 is 0 Å². The van der Waals surface area contributed by atoms with Gasteiger partial charge in [0, 0.05) is 0 Å². The minimum atomic E-state index is 0. The van der Waals surface area contributed by atoms with Crippen LogP contribution in [0.3, 0.4) is 0 Å². The SMILES string of the molecule is Cc1[c-][nH]c2cccc(C)c12.[Cl-].[Cl-].[Ti+3]. The molecule has 2 rings (SSSR count). The first-order valence-corrected chi connectivity index (χ1v) is 3.74. The molecule has 1 radical (unpaired) electrons. The van der Waals surface area contributed by atoms with E-state index in [1.807, 2.05) is 0 Å². The molecule has 0 atom stereocenters. The third-order valence-electron chi connectivity index (χ3n) is 2.03. The monoisotopic (exact) mass is 262 g/mol. The first-order chi connectivity index (χ1) is 5.29. The van der Waals surface area contributed by atoms with Crippen LogP contribution in [0.1, 0.15) is 11.1 Å². The number of hydrogen-bond donors (Lipinski definition) is 1. The number of hydrogen-bond acceptors (Lipinski definition) is 0. The Morgan fingerprint density at radius 2 is 1.79 bits per heavy atom. The Labute approximate surface area is 111 Å². The van der Waals surface area contributed by atoms with Gasteiger partial charge in [-0.1, -0.05) is 26.0 Å². The van der Waals surface area contributed by atoms with Gasteiger partial charge in [-0.2, -0.15) is 5.56 Å². The van der Waals surface area contributed by atoms with Gasteiger partial charge in [0.05, 0.1) is 0 Å². The van der Waals surface area contributed by atoms with Gasteiger partial charge in [-0.25, -0.2) is 0 Å². The van der Waals surface area contributed by atoms with E-state index in [1.165, 1.54) is 22.0 Å². The molecule has 0 spiro atoms. The summed E-state index contributed by atoms with van der Waals surface area (Å²) in [7, 11) is 0. The number of aromatic amines is 1. The van der Waals surface area contributed by atoms with E-state index in [0.29, 0.717) is 0 Å². The Morgan fingerprint density at radius 1 is 1.14 bits per heavy atom. The van der Waals surface area contributed by atoms with Gasteiger partial charge in [0.2, 0.25) is 0 Å². The molecule has 1 aromatic heterocycles. The maximum Gasteiger partial charge on any atom is 3.00 e. The molecule has 0 aliphatic rings. The predicted octanol–water partition coefficient (Wildman–Crippen LogP) is -3.41. The summed E-state index contributed by atoms with van der Waals surface area (Å²) in [6, 6.07) is 6.25. The zero-order valence-electron chi connectivity index (χ0n) is 7.99. The number of aromatic nitrogens is 1. The number of halogens is 2. The van der Waals surface area contributed by atoms with Crippen molar-refractivity contribution in [3.05, 3.63) is 35.5 Å². The Kier molecular flexibility index (Phi) is 7.68. The van der Waals surface area contributed by atoms with Crippen molar-refractivity contribution in [1.29, 1.82) is 0 Å². The normalized spacial score (nSPS) is 8.43. The first-order valence-electron chi connectivity index (χ1n) is 3.74. The van der Waals surface area contributed by atoms with Crippen molar-refractivity contribution in [1.82, 2.24) is 4.98 Å². The van der Waals surface area contributed by atoms with Crippen LogP contribution in [-0.4, -0.2) is 4.98 Å². The van der Waals surface area contributed by atoms with Gasteiger partial charge in [-0.05, 0) is 0 Å². The molecular weight excluding hydrogens is 253 g/mol. The Balaban J connectivity index is 0. The maximum absolute atomic E-state index is 3.10. The molecule has 0 bridgehead atoms. The predicted molar refractivity (Wildman–Crippen MR) is 46.6 cm³/mol. The van der Waals surface area contributed by atoms with Gasteiger partial charge in [-0.15, -0.1) is 28.7 Å². The van der Waals surface area contributed by atoms with E-state index in [-0.39, 0.29) is 46.5 Å². The van der Waals surface area contributed by atoms with E-state index in [9.17, 15) is 0 Å². The van der Waals surface area contributed by atoms with Crippen LogP contribution in [0.5, 0.6) is 0 Å². The molecule has 1 N–H and O–H groups in total. The Morgan fingerprint density at radius 3 is 2.36 bits per heavy atom. The molecule has 1 aromatic carbocycles. The summed E-state index contributed by atoms with van der Waals surface area (Å²) in [5, 5.41) is 1.31. The van der Waals surface area contributed by atoms with Crippen LogP contribution in [0, 0.1) is 20.0 Å². The molecule has 0 aliphatic carbocycles. The summed E-state index contributed by atoms with van der Waals surface area (Å²) in [6.45, 7) is 4.20. The largest absolute Gasteiger partial charge is 3.00 e. The fourth-order valence-electron chi connectivity index (χ4n) is 1.49. The summed E-state index contributed by atoms with van der Waals surface area (Å²) in [4.78, 5) is 3.10. The van der Waals surface area contributed by atoms with Gasteiger partial charge >= 0.3 is 21.7 Å². The summed E-state index contributed by atoms with van der Waals surface area (Å²) < 4.78 is 0. The van der Waals surface area contributed by atoms with Crippen molar-refractivity contribution in [3.8, 4) is 0 Å². The molecule has 0 amide bonds. The second-order valence-corrected chi connectivity index (χ2v) is 2.87. The second-order valence-electron chi connectivity index (χ2n) is 2.87. The van der Waals surface area contributed by atoms with Crippen molar-refractivity contribution in [2.75, 3.05) is 0 Å². The van der Waals surface area contributed by atoms with Crippen LogP contribution < -0.4 is 24.8 Å². The van der Waals surface area contributed by atoms with E-state index in [1.54, 1.807) is 0 Å².